The van der Waals surface area contributed by atoms with E-state index < -0.39 is 0 Å². The number of benzene rings is 2. The molecule has 112 valence electrons. The molecule has 2 aliphatic rings. The number of rotatable bonds is 1. The Morgan fingerprint density at radius 2 is 1.65 bits per heavy atom. The summed E-state index contributed by atoms with van der Waals surface area (Å²) in [6, 6.07) is 17.6. The van der Waals surface area contributed by atoms with Gasteiger partial charge in [-0.3, -0.25) is 0 Å². The number of hydrogen-bond donors (Lipinski definition) is 0. The van der Waals surface area contributed by atoms with Crippen molar-refractivity contribution in [1.82, 2.24) is 4.57 Å². The van der Waals surface area contributed by atoms with Crippen LogP contribution in [0.15, 0.2) is 60.8 Å². The molecule has 1 heterocycles. The molecule has 0 bridgehead atoms. The molecule has 0 N–H and O–H groups in total. The second kappa shape index (κ2) is 4.99. The molecule has 5 rings (SSSR count). The van der Waals surface area contributed by atoms with E-state index in [2.05, 4.69) is 71.4 Å². The first-order valence-corrected chi connectivity index (χ1v) is 8.49. The van der Waals surface area contributed by atoms with Crippen LogP contribution >= 0.6 is 0 Å². The quantitative estimate of drug-likeness (QED) is 0.581. The van der Waals surface area contributed by atoms with Crippen LogP contribution in [0.1, 0.15) is 28.8 Å². The summed E-state index contributed by atoms with van der Waals surface area (Å²) in [6.07, 6.45) is 11.5. The molecule has 23 heavy (non-hydrogen) atoms. The first-order chi connectivity index (χ1) is 11.4. The van der Waals surface area contributed by atoms with Gasteiger partial charge < -0.3 is 4.57 Å². The average molecular weight is 297 g/mol. The predicted octanol–water partition coefficient (Wildman–Crippen LogP) is 5.20. The normalized spacial score (nSPS) is 15.0. The molecule has 0 saturated heterocycles. The molecule has 0 saturated carbocycles. The van der Waals surface area contributed by atoms with Gasteiger partial charge in [0.2, 0.25) is 0 Å². The van der Waals surface area contributed by atoms with Crippen molar-refractivity contribution in [3.05, 3.63) is 83.2 Å². The first kappa shape index (κ1) is 13.0. The molecule has 1 heteroatoms. The van der Waals surface area contributed by atoms with E-state index in [0.717, 1.165) is 12.8 Å². The summed E-state index contributed by atoms with van der Waals surface area (Å²) in [5.74, 6) is 0. The van der Waals surface area contributed by atoms with Gasteiger partial charge in [-0.05, 0) is 66.1 Å². The van der Waals surface area contributed by atoms with E-state index in [-0.39, 0.29) is 0 Å². The molecular weight excluding hydrogens is 278 g/mol. The number of hydrogen-bond acceptors (Lipinski definition) is 0. The van der Waals surface area contributed by atoms with Crippen molar-refractivity contribution in [2.24, 2.45) is 0 Å². The maximum Gasteiger partial charge on any atom is 0.0452 e. The summed E-state index contributed by atoms with van der Waals surface area (Å²) in [4.78, 5) is 0. The fraction of sp³-hybridized carbons (Fsp3) is 0.182. The Balaban J connectivity index is 1.69. The lowest BCUT2D eigenvalue weighted by molar-refractivity contribution is 0.834. The average Bonchev–Trinajstić information content (AvgIpc) is 3.06. The molecule has 1 nitrogen and oxygen atoms in total. The van der Waals surface area contributed by atoms with Gasteiger partial charge in [-0.15, -0.1) is 0 Å². The smallest absolute Gasteiger partial charge is 0.0452 e. The highest BCUT2D eigenvalue weighted by Crippen LogP contribution is 2.39. The second-order valence-electron chi connectivity index (χ2n) is 6.48. The number of nitrogens with zero attached hydrogens (tertiary/aromatic N) is 1. The van der Waals surface area contributed by atoms with Gasteiger partial charge in [0.05, 0.1) is 0 Å². The van der Waals surface area contributed by atoms with E-state index in [1.54, 1.807) is 11.1 Å². The highest BCUT2D eigenvalue weighted by atomic mass is 15.0. The van der Waals surface area contributed by atoms with Gasteiger partial charge in [-0.2, -0.15) is 0 Å². The summed E-state index contributed by atoms with van der Waals surface area (Å²) in [6.45, 7) is 0. The molecule has 0 radical (unpaired) electrons. The van der Waals surface area contributed by atoms with Crippen LogP contribution in [0.2, 0.25) is 0 Å². The van der Waals surface area contributed by atoms with E-state index >= 15 is 0 Å². The third-order valence-electron chi connectivity index (χ3n) is 5.25. The molecule has 0 atom stereocenters. The van der Waals surface area contributed by atoms with Gasteiger partial charge in [0.25, 0.3) is 0 Å². The lowest BCUT2D eigenvalue weighted by Crippen LogP contribution is -2.11. The number of para-hydroxylation sites is 1. The van der Waals surface area contributed by atoms with Crippen molar-refractivity contribution in [3.63, 3.8) is 0 Å². The first-order valence-electron chi connectivity index (χ1n) is 8.49. The Bertz CT molecular complexity index is 913. The summed E-state index contributed by atoms with van der Waals surface area (Å²) in [7, 11) is 0. The van der Waals surface area contributed by atoms with Gasteiger partial charge in [-0.1, -0.05) is 42.5 Å². The zero-order chi connectivity index (χ0) is 15.2. The minimum absolute atomic E-state index is 1.13. The monoisotopic (exact) mass is 297 g/mol. The van der Waals surface area contributed by atoms with Crippen LogP contribution in [0.5, 0.6) is 0 Å². The number of aromatic nitrogens is 1. The van der Waals surface area contributed by atoms with E-state index in [4.69, 9.17) is 0 Å². The van der Waals surface area contributed by atoms with E-state index in [0.29, 0.717) is 0 Å². The van der Waals surface area contributed by atoms with Crippen molar-refractivity contribution in [2.75, 3.05) is 0 Å². The standard InChI is InChI=1S/C22H19N/c1-2-7-17(8-3-1)23-15-14-21-20-11-10-16-6-4-5-9-18(16)19(20)12-13-22(21)23/h1-4,6-8,10-11,14-15H,5,9,12-13H2. The van der Waals surface area contributed by atoms with Crippen molar-refractivity contribution in [2.45, 2.75) is 25.7 Å². The molecule has 0 unspecified atom stereocenters. The Hall–Kier alpha value is -2.54. The summed E-state index contributed by atoms with van der Waals surface area (Å²) < 4.78 is 2.36. The van der Waals surface area contributed by atoms with Gasteiger partial charge in [-0.25, -0.2) is 0 Å². The van der Waals surface area contributed by atoms with Crippen molar-refractivity contribution < 1.29 is 0 Å². The molecule has 2 aliphatic carbocycles. The van der Waals surface area contributed by atoms with E-state index in [1.165, 1.54) is 40.9 Å². The van der Waals surface area contributed by atoms with Crippen molar-refractivity contribution in [1.29, 1.82) is 0 Å². The largest absolute Gasteiger partial charge is 0.320 e. The zero-order valence-corrected chi connectivity index (χ0v) is 13.1. The number of allylic oxidation sites excluding steroid dienone is 1. The summed E-state index contributed by atoms with van der Waals surface area (Å²) in [5.41, 5.74) is 10.2. The second-order valence-corrected chi connectivity index (χ2v) is 6.48. The predicted molar refractivity (Wildman–Crippen MR) is 96.0 cm³/mol. The third kappa shape index (κ3) is 1.93. The van der Waals surface area contributed by atoms with Crippen LogP contribution in [0, 0.1) is 0 Å². The van der Waals surface area contributed by atoms with Gasteiger partial charge in [0, 0.05) is 23.1 Å². The van der Waals surface area contributed by atoms with Crippen molar-refractivity contribution >= 4 is 6.08 Å². The van der Waals surface area contributed by atoms with Crippen molar-refractivity contribution in [3.8, 4) is 16.8 Å². The molecular formula is C22H19N. The van der Waals surface area contributed by atoms with Crippen LogP contribution in [0.3, 0.4) is 0 Å². The van der Waals surface area contributed by atoms with Crippen LogP contribution in [-0.2, 0) is 19.3 Å². The highest BCUT2D eigenvalue weighted by Gasteiger charge is 2.23. The van der Waals surface area contributed by atoms with Gasteiger partial charge >= 0.3 is 0 Å². The zero-order valence-electron chi connectivity index (χ0n) is 13.1. The summed E-state index contributed by atoms with van der Waals surface area (Å²) >= 11 is 0. The fourth-order valence-electron chi connectivity index (χ4n) is 4.18. The van der Waals surface area contributed by atoms with E-state index in [9.17, 15) is 0 Å². The lowest BCUT2D eigenvalue weighted by Gasteiger charge is -2.24. The number of fused-ring (bicyclic) bond motifs is 5. The minimum atomic E-state index is 1.13. The van der Waals surface area contributed by atoms with Crippen LogP contribution in [-0.4, -0.2) is 4.57 Å². The minimum Gasteiger partial charge on any atom is -0.320 e. The topological polar surface area (TPSA) is 4.93 Å². The Labute approximate surface area is 136 Å². The molecule has 1 aromatic heterocycles. The Kier molecular flexibility index (Phi) is 2.81. The molecule has 2 aromatic carbocycles. The van der Waals surface area contributed by atoms with Gasteiger partial charge in [0.1, 0.15) is 0 Å². The molecule has 0 aliphatic heterocycles. The molecule has 0 spiro atoms. The van der Waals surface area contributed by atoms with Crippen LogP contribution in [0.4, 0.5) is 0 Å². The van der Waals surface area contributed by atoms with Crippen LogP contribution < -0.4 is 0 Å². The Morgan fingerprint density at radius 1 is 0.739 bits per heavy atom. The molecule has 3 aromatic rings. The highest BCUT2D eigenvalue weighted by molar-refractivity contribution is 5.77. The maximum absolute atomic E-state index is 2.36. The van der Waals surface area contributed by atoms with Gasteiger partial charge in [0.15, 0.2) is 0 Å². The summed E-state index contributed by atoms with van der Waals surface area (Å²) in [5, 5.41) is 0. The van der Waals surface area contributed by atoms with Crippen LogP contribution in [0.25, 0.3) is 22.9 Å². The lowest BCUT2D eigenvalue weighted by atomic mass is 9.82. The van der Waals surface area contributed by atoms with E-state index in [1.807, 2.05) is 0 Å². The third-order valence-corrected chi connectivity index (χ3v) is 5.25. The molecule has 0 fully saturated rings. The SMILES string of the molecule is C1=Cc2ccc3c(c2CC1)CCc1c-3ccn1-c1ccccc1. The Morgan fingerprint density at radius 3 is 2.57 bits per heavy atom. The molecule has 0 amide bonds. The maximum atomic E-state index is 2.36. The fourth-order valence-corrected chi connectivity index (χ4v) is 4.18.